The van der Waals surface area contributed by atoms with Crippen molar-refractivity contribution in [1.82, 2.24) is 0 Å². The van der Waals surface area contributed by atoms with E-state index in [0.717, 1.165) is 0 Å². The first-order valence-corrected chi connectivity index (χ1v) is 6.78. The molecular weight excluding hydrogens is 349 g/mol. The SMILES string of the molecule is COc1cc(F)ccc1NC(=O)c1ccc(Br)c(Cl)c1. The quantitative estimate of drug-likeness (QED) is 0.877. The topological polar surface area (TPSA) is 38.3 Å². The molecule has 0 spiro atoms. The molecule has 1 amide bonds. The van der Waals surface area contributed by atoms with Crippen LogP contribution in [0.3, 0.4) is 0 Å². The van der Waals surface area contributed by atoms with Crippen LogP contribution in [0, 0.1) is 5.82 Å². The number of nitrogens with one attached hydrogen (secondary N) is 1. The summed E-state index contributed by atoms with van der Waals surface area (Å²) in [5.74, 6) is -0.544. The highest BCUT2D eigenvalue weighted by Crippen LogP contribution is 2.27. The van der Waals surface area contributed by atoms with Crippen molar-refractivity contribution in [2.24, 2.45) is 0 Å². The van der Waals surface area contributed by atoms with Crippen molar-refractivity contribution in [3.05, 3.63) is 57.3 Å². The molecule has 104 valence electrons. The van der Waals surface area contributed by atoms with Crippen LogP contribution in [0.2, 0.25) is 5.02 Å². The number of hydrogen-bond acceptors (Lipinski definition) is 2. The molecule has 6 heteroatoms. The monoisotopic (exact) mass is 357 g/mol. The highest BCUT2D eigenvalue weighted by atomic mass is 79.9. The Hall–Kier alpha value is -1.59. The maximum Gasteiger partial charge on any atom is 0.255 e. The number of hydrogen-bond donors (Lipinski definition) is 1. The van der Waals surface area contributed by atoms with E-state index >= 15 is 0 Å². The fourth-order valence-electron chi connectivity index (χ4n) is 1.60. The highest BCUT2D eigenvalue weighted by Gasteiger charge is 2.11. The molecule has 0 saturated heterocycles. The van der Waals surface area contributed by atoms with Crippen LogP contribution in [0.1, 0.15) is 10.4 Å². The van der Waals surface area contributed by atoms with Crippen molar-refractivity contribution in [1.29, 1.82) is 0 Å². The first kappa shape index (κ1) is 14.8. The van der Waals surface area contributed by atoms with E-state index in [1.165, 1.54) is 31.4 Å². The molecule has 0 bridgehead atoms. The summed E-state index contributed by atoms with van der Waals surface area (Å²) in [6.07, 6.45) is 0. The van der Waals surface area contributed by atoms with Crippen LogP contribution in [0.5, 0.6) is 5.75 Å². The van der Waals surface area contributed by atoms with Gasteiger partial charge in [0.15, 0.2) is 0 Å². The summed E-state index contributed by atoms with van der Waals surface area (Å²) in [7, 11) is 1.40. The molecule has 2 aromatic carbocycles. The minimum Gasteiger partial charge on any atom is -0.494 e. The Morgan fingerprint density at radius 3 is 2.70 bits per heavy atom. The first-order chi connectivity index (χ1) is 9.51. The van der Waals surface area contributed by atoms with Crippen LogP contribution in [0.15, 0.2) is 40.9 Å². The third kappa shape index (κ3) is 3.29. The van der Waals surface area contributed by atoms with E-state index in [1.54, 1.807) is 12.1 Å². The number of carbonyl (C=O) groups excluding carboxylic acids is 1. The molecule has 2 aromatic rings. The molecule has 0 atom stereocenters. The van der Waals surface area contributed by atoms with Gasteiger partial charge >= 0.3 is 0 Å². The summed E-state index contributed by atoms with van der Waals surface area (Å²) in [6.45, 7) is 0. The Morgan fingerprint density at radius 1 is 1.30 bits per heavy atom. The smallest absolute Gasteiger partial charge is 0.255 e. The van der Waals surface area contributed by atoms with Crippen molar-refractivity contribution in [2.45, 2.75) is 0 Å². The Morgan fingerprint density at radius 2 is 2.05 bits per heavy atom. The van der Waals surface area contributed by atoms with E-state index < -0.39 is 5.82 Å². The molecule has 20 heavy (non-hydrogen) atoms. The first-order valence-electron chi connectivity index (χ1n) is 5.61. The molecule has 0 aliphatic carbocycles. The van der Waals surface area contributed by atoms with Gasteiger partial charge in [0.2, 0.25) is 0 Å². The fraction of sp³-hybridized carbons (Fsp3) is 0.0714. The van der Waals surface area contributed by atoms with Crippen LogP contribution in [-0.2, 0) is 0 Å². The number of benzene rings is 2. The standard InChI is InChI=1S/C14H10BrClFNO2/c1-20-13-7-9(17)3-5-12(13)18-14(19)8-2-4-10(15)11(16)6-8/h2-7H,1H3,(H,18,19). The van der Waals surface area contributed by atoms with Crippen LogP contribution in [0.4, 0.5) is 10.1 Å². The molecule has 0 saturated carbocycles. The molecule has 1 N–H and O–H groups in total. The molecule has 0 aliphatic heterocycles. The van der Waals surface area contributed by atoms with Gasteiger partial charge in [-0.15, -0.1) is 0 Å². The summed E-state index contributed by atoms with van der Waals surface area (Å²) in [4.78, 5) is 12.1. The molecular formula is C14H10BrClFNO2. The molecule has 0 aliphatic rings. The number of ether oxygens (including phenoxy) is 1. The van der Waals surface area contributed by atoms with E-state index in [-0.39, 0.29) is 11.7 Å². The van der Waals surface area contributed by atoms with E-state index in [0.29, 0.717) is 20.7 Å². The Bertz CT molecular complexity index is 664. The van der Waals surface area contributed by atoms with Crippen LogP contribution < -0.4 is 10.1 Å². The van der Waals surface area contributed by atoms with Gasteiger partial charge in [0.1, 0.15) is 11.6 Å². The lowest BCUT2D eigenvalue weighted by Gasteiger charge is -2.10. The summed E-state index contributed by atoms with van der Waals surface area (Å²) in [5.41, 5.74) is 0.780. The van der Waals surface area contributed by atoms with E-state index in [9.17, 15) is 9.18 Å². The number of anilines is 1. The van der Waals surface area contributed by atoms with Crippen molar-refractivity contribution in [2.75, 3.05) is 12.4 Å². The van der Waals surface area contributed by atoms with Gasteiger partial charge in [0, 0.05) is 16.1 Å². The zero-order chi connectivity index (χ0) is 14.7. The van der Waals surface area contributed by atoms with Gasteiger partial charge in [-0.25, -0.2) is 4.39 Å². The molecule has 0 fully saturated rings. The normalized spacial score (nSPS) is 10.2. The lowest BCUT2D eigenvalue weighted by Crippen LogP contribution is -2.12. The van der Waals surface area contributed by atoms with Crippen LogP contribution in [-0.4, -0.2) is 13.0 Å². The predicted molar refractivity (Wildman–Crippen MR) is 80.1 cm³/mol. The third-order valence-corrected chi connectivity index (χ3v) is 3.83. The Balaban J connectivity index is 2.25. The van der Waals surface area contributed by atoms with E-state index in [1.807, 2.05) is 0 Å². The lowest BCUT2D eigenvalue weighted by molar-refractivity contribution is 0.102. The van der Waals surface area contributed by atoms with Gasteiger partial charge in [0.25, 0.3) is 5.91 Å². The second kappa shape index (κ2) is 6.24. The maximum atomic E-state index is 13.1. The zero-order valence-corrected chi connectivity index (χ0v) is 12.8. The van der Waals surface area contributed by atoms with Crippen molar-refractivity contribution >= 4 is 39.1 Å². The Kier molecular flexibility index (Phi) is 4.62. The summed E-state index contributed by atoms with van der Waals surface area (Å²) >= 11 is 9.19. The van der Waals surface area contributed by atoms with Crippen molar-refractivity contribution in [3.8, 4) is 5.75 Å². The molecule has 2 rings (SSSR count). The number of rotatable bonds is 3. The predicted octanol–water partition coefficient (Wildman–Crippen LogP) is 4.50. The van der Waals surface area contributed by atoms with Gasteiger partial charge in [-0.3, -0.25) is 4.79 Å². The maximum absolute atomic E-state index is 13.1. The van der Waals surface area contributed by atoms with E-state index in [4.69, 9.17) is 16.3 Å². The third-order valence-electron chi connectivity index (χ3n) is 2.59. The summed E-state index contributed by atoms with van der Waals surface area (Å²) < 4.78 is 18.8. The van der Waals surface area contributed by atoms with Gasteiger partial charge in [-0.1, -0.05) is 11.6 Å². The average Bonchev–Trinajstić information content (AvgIpc) is 2.43. The number of methoxy groups -OCH3 is 1. The summed E-state index contributed by atoms with van der Waals surface area (Å²) in [6, 6.07) is 8.72. The lowest BCUT2D eigenvalue weighted by atomic mass is 10.2. The van der Waals surface area contributed by atoms with Gasteiger partial charge in [-0.05, 0) is 46.3 Å². The molecule has 0 radical (unpaired) electrons. The molecule has 3 nitrogen and oxygen atoms in total. The van der Waals surface area contributed by atoms with Gasteiger partial charge < -0.3 is 10.1 Å². The van der Waals surface area contributed by atoms with E-state index in [2.05, 4.69) is 21.2 Å². The second-order valence-corrected chi connectivity index (χ2v) is 5.19. The number of amides is 1. The van der Waals surface area contributed by atoms with Crippen molar-refractivity contribution in [3.63, 3.8) is 0 Å². The second-order valence-electron chi connectivity index (χ2n) is 3.93. The fourth-order valence-corrected chi connectivity index (χ4v) is 2.03. The molecule has 0 aromatic heterocycles. The molecule has 0 heterocycles. The number of halogens is 3. The summed E-state index contributed by atoms with van der Waals surface area (Å²) in [5, 5.41) is 3.08. The van der Waals surface area contributed by atoms with Crippen molar-refractivity contribution < 1.29 is 13.9 Å². The van der Waals surface area contributed by atoms with Crippen LogP contribution >= 0.6 is 27.5 Å². The van der Waals surface area contributed by atoms with Gasteiger partial charge in [-0.2, -0.15) is 0 Å². The number of carbonyl (C=O) groups is 1. The minimum absolute atomic E-state index is 0.251. The highest BCUT2D eigenvalue weighted by molar-refractivity contribution is 9.10. The Labute approximate surface area is 128 Å². The molecule has 0 unspecified atom stereocenters. The largest absolute Gasteiger partial charge is 0.494 e. The minimum atomic E-state index is -0.438. The average molecular weight is 359 g/mol. The van der Waals surface area contributed by atoms with Gasteiger partial charge in [0.05, 0.1) is 17.8 Å². The zero-order valence-electron chi connectivity index (χ0n) is 10.4. The van der Waals surface area contributed by atoms with Crippen LogP contribution in [0.25, 0.3) is 0 Å².